The highest BCUT2D eigenvalue weighted by Crippen LogP contribution is 2.28. The molecule has 1 heterocycles. The smallest absolute Gasteiger partial charge is 0.256 e. The van der Waals surface area contributed by atoms with Crippen LogP contribution in [0.2, 0.25) is 0 Å². The highest BCUT2D eigenvalue weighted by molar-refractivity contribution is 7.98. The number of amides is 2. The largest absolute Gasteiger partial charge is 0.366 e. The maximum Gasteiger partial charge on any atom is 0.256 e. The summed E-state index contributed by atoms with van der Waals surface area (Å²) >= 11 is 1.42. The van der Waals surface area contributed by atoms with Crippen LogP contribution in [0, 0.1) is 19.7 Å². The molecule has 0 aliphatic rings. The van der Waals surface area contributed by atoms with Gasteiger partial charge in [-0.2, -0.15) is 0 Å². The van der Waals surface area contributed by atoms with Gasteiger partial charge in [-0.1, -0.05) is 17.3 Å². The number of primary amides is 1. The number of rotatable bonds is 6. The van der Waals surface area contributed by atoms with Crippen molar-refractivity contribution in [2.75, 3.05) is 5.32 Å². The highest BCUT2D eigenvalue weighted by Gasteiger charge is 2.16. The number of carbonyl (C=O) groups excluding carboxylic acids is 2. The molecule has 0 fully saturated rings. The maximum absolute atomic E-state index is 14.1. The number of thioether (sulfide) groups is 1. The third-order valence-corrected chi connectivity index (χ3v) is 5.15. The molecule has 144 valence electrons. The van der Waals surface area contributed by atoms with Crippen LogP contribution < -0.4 is 11.1 Å². The normalized spacial score (nSPS) is 10.7. The zero-order chi connectivity index (χ0) is 20.3. The topological polar surface area (TPSA) is 98.2 Å². The minimum Gasteiger partial charge on any atom is -0.366 e. The van der Waals surface area contributed by atoms with E-state index < -0.39 is 17.6 Å². The lowest BCUT2D eigenvalue weighted by atomic mass is 10.1. The standard InChI is InChI=1S/C20H18FN3O3S/c1-11-7-14(27-24-11)10-28-18-6-4-3-5-15(18)20(26)23-17-9-13(19(22)25)8-16(21)12(17)2/h3-9H,10H2,1-2H3,(H2,22,25)(H,23,26). The van der Waals surface area contributed by atoms with Gasteiger partial charge in [0.25, 0.3) is 5.91 Å². The molecule has 6 nitrogen and oxygen atoms in total. The van der Waals surface area contributed by atoms with E-state index in [0.717, 1.165) is 16.7 Å². The van der Waals surface area contributed by atoms with Crippen molar-refractivity contribution in [1.29, 1.82) is 0 Å². The molecule has 8 heteroatoms. The first-order valence-corrected chi connectivity index (χ1v) is 9.39. The first-order valence-electron chi connectivity index (χ1n) is 8.40. The first kappa shape index (κ1) is 19.6. The Labute approximate surface area is 165 Å². The van der Waals surface area contributed by atoms with Crippen LogP contribution in [0.4, 0.5) is 10.1 Å². The van der Waals surface area contributed by atoms with Gasteiger partial charge in [0.15, 0.2) is 0 Å². The second-order valence-corrected chi connectivity index (χ2v) is 7.19. The van der Waals surface area contributed by atoms with Crippen LogP contribution in [0.25, 0.3) is 0 Å². The van der Waals surface area contributed by atoms with Crippen molar-refractivity contribution in [2.24, 2.45) is 5.73 Å². The molecule has 0 atom stereocenters. The molecule has 0 unspecified atom stereocenters. The molecule has 0 aliphatic heterocycles. The Kier molecular flexibility index (Phi) is 5.79. The van der Waals surface area contributed by atoms with E-state index in [1.165, 1.54) is 24.8 Å². The van der Waals surface area contributed by atoms with Gasteiger partial charge in [-0.15, -0.1) is 11.8 Å². The third kappa shape index (κ3) is 4.40. The summed E-state index contributed by atoms with van der Waals surface area (Å²) in [5.74, 6) is -0.593. The molecular formula is C20H18FN3O3S. The number of hydrogen-bond acceptors (Lipinski definition) is 5. The number of carbonyl (C=O) groups is 2. The molecule has 3 rings (SSSR count). The first-order chi connectivity index (χ1) is 13.3. The van der Waals surface area contributed by atoms with Crippen molar-refractivity contribution in [1.82, 2.24) is 5.16 Å². The SMILES string of the molecule is Cc1cc(CSc2ccccc2C(=O)Nc2cc(C(N)=O)cc(F)c2C)on1. The van der Waals surface area contributed by atoms with Gasteiger partial charge in [0.1, 0.15) is 11.6 Å². The number of aromatic nitrogens is 1. The molecule has 3 N–H and O–H groups in total. The summed E-state index contributed by atoms with van der Waals surface area (Å²) in [7, 11) is 0. The average molecular weight is 399 g/mol. The lowest BCUT2D eigenvalue weighted by Crippen LogP contribution is -2.17. The van der Waals surface area contributed by atoms with E-state index in [1.54, 1.807) is 12.1 Å². The molecule has 0 aliphatic carbocycles. The van der Waals surface area contributed by atoms with Crippen LogP contribution >= 0.6 is 11.8 Å². The zero-order valence-corrected chi connectivity index (χ0v) is 16.1. The van der Waals surface area contributed by atoms with E-state index in [1.807, 2.05) is 25.1 Å². The van der Waals surface area contributed by atoms with Crippen molar-refractivity contribution in [3.8, 4) is 0 Å². The minimum absolute atomic E-state index is 0.0123. The second kappa shape index (κ2) is 8.26. The van der Waals surface area contributed by atoms with Gasteiger partial charge in [0.2, 0.25) is 5.91 Å². The Morgan fingerprint density at radius 1 is 1.21 bits per heavy atom. The van der Waals surface area contributed by atoms with Crippen LogP contribution in [-0.4, -0.2) is 17.0 Å². The summed E-state index contributed by atoms with van der Waals surface area (Å²) in [4.78, 5) is 24.9. The molecule has 3 aromatic rings. The lowest BCUT2D eigenvalue weighted by molar-refractivity contribution is 0.0995. The van der Waals surface area contributed by atoms with Gasteiger partial charge in [-0.05, 0) is 38.1 Å². The Hall–Kier alpha value is -3.13. The predicted octanol–water partition coefficient (Wildman–Crippen LogP) is 4.07. The third-order valence-electron chi connectivity index (χ3n) is 4.06. The minimum atomic E-state index is -0.771. The van der Waals surface area contributed by atoms with Gasteiger partial charge in [0, 0.05) is 27.8 Å². The van der Waals surface area contributed by atoms with E-state index in [0.29, 0.717) is 17.1 Å². The second-order valence-electron chi connectivity index (χ2n) is 6.17. The summed E-state index contributed by atoms with van der Waals surface area (Å²) in [6, 6.07) is 11.3. The number of hydrogen-bond donors (Lipinski definition) is 2. The fraction of sp³-hybridized carbons (Fsp3) is 0.150. The molecule has 0 spiro atoms. The average Bonchev–Trinajstić information content (AvgIpc) is 3.08. The van der Waals surface area contributed by atoms with Gasteiger partial charge in [-0.3, -0.25) is 9.59 Å². The van der Waals surface area contributed by atoms with Crippen molar-refractivity contribution < 1.29 is 18.5 Å². The molecule has 1 aromatic heterocycles. The molecule has 2 amide bonds. The van der Waals surface area contributed by atoms with Crippen molar-refractivity contribution >= 4 is 29.3 Å². The number of nitrogens with zero attached hydrogens (tertiary/aromatic N) is 1. The van der Waals surface area contributed by atoms with Gasteiger partial charge in [-0.25, -0.2) is 4.39 Å². The van der Waals surface area contributed by atoms with Crippen LogP contribution in [0.5, 0.6) is 0 Å². The number of halogens is 1. The van der Waals surface area contributed by atoms with Crippen molar-refractivity contribution in [2.45, 2.75) is 24.5 Å². The number of aryl methyl sites for hydroxylation is 1. The number of nitrogens with two attached hydrogens (primary N) is 1. The number of anilines is 1. The van der Waals surface area contributed by atoms with Gasteiger partial charge in [0.05, 0.1) is 17.0 Å². The van der Waals surface area contributed by atoms with E-state index in [4.69, 9.17) is 10.3 Å². The molecule has 0 bridgehead atoms. The van der Waals surface area contributed by atoms with E-state index >= 15 is 0 Å². The Bertz CT molecular complexity index is 1050. The van der Waals surface area contributed by atoms with Gasteiger partial charge < -0.3 is 15.6 Å². The Balaban J connectivity index is 1.82. The molecule has 0 saturated heterocycles. The summed E-state index contributed by atoms with van der Waals surface area (Å²) < 4.78 is 19.3. The molecular weight excluding hydrogens is 381 g/mol. The van der Waals surface area contributed by atoms with E-state index in [2.05, 4.69) is 10.5 Å². The summed E-state index contributed by atoms with van der Waals surface area (Å²) in [6.07, 6.45) is 0. The van der Waals surface area contributed by atoms with E-state index in [9.17, 15) is 14.0 Å². The maximum atomic E-state index is 14.1. The van der Waals surface area contributed by atoms with Crippen LogP contribution in [0.3, 0.4) is 0 Å². The molecule has 0 radical (unpaired) electrons. The lowest BCUT2D eigenvalue weighted by Gasteiger charge is -2.13. The number of benzene rings is 2. The summed E-state index contributed by atoms with van der Waals surface area (Å²) in [5.41, 5.74) is 6.85. The summed E-state index contributed by atoms with van der Waals surface area (Å²) in [6.45, 7) is 3.35. The van der Waals surface area contributed by atoms with Crippen molar-refractivity contribution in [3.05, 3.63) is 76.4 Å². The van der Waals surface area contributed by atoms with Crippen LogP contribution in [0.15, 0.2) is 51.9 Å². The molecule has 28 heavy (non-hydrogen) atoms. The zero-order valence-electron chi connectivity index (χ0n) is 15.3. The fourth-order valence-corrected chi connectivity index (χ4v) is 3.48. The monoisotopic (exact) mass is 399 g/mol. The van der Waals surface area contributed by atoms with E-state index in [-0.39, 0.29) is 16.8 Å². The van der Waals surface area contributed by atoms with Crippen molar-refractivity contribution in [3.63, 3.8) is 0 Å². The fourth-order valence-electron chi connectivity index (χ4n) is 2.55. The Morgan fingerprint density at radius 3 is 2.64 bits per heavy atom. The highest BCUT2D eigenvalue weighted by atomic mass is 32.2. The molecule has 2 aromatic carbocycles. The Morgan fingerprint density at radius 2 is 1.96 bits per heavy atom. The van der Waals surface area contributed by atoms with Crippen LogP contribution in [-0.2, 0) is 5.75 Å². The van der Waals surface area contributed by atoms with Gasteiger partial charge >= 0.3 is 0 Å². The summed E-state index contributed by atoms with van der Waals surface area (Å²) in [5, 5.41) is 6.51. The molecule has 0 saturated carbocycles. The quantitative estimate of drug-likeness (QED) is 0.609. The van der Waals surface area contributed by atoms with Crippen LogP contribution in [0.1, 0.15) is 37.7 Å². The predicted molar refractivity (Wildman–Crippen MR) is 105 cm³/mol. The number of nitrogens with one attached hydrogen (secondary N) is 1.